The second kappa shape index (κ2) is 11.5. The fourth-order valence-electron chi connectivity index (χ4n) is 2.64. The van der Waals surface area contributed by atoms with E-state index in [1.165, 1.54) is 5.52 Å². The molecule has 0 atom stereocenters. The van der Waals surface area contributed by atoms with Gasteiger partial charge in [-0.25, -0.2) is 4.98 Å². The van der Waals surface area contributed by atoms with Gasteiger partial charge in [0.25, 0.3) is 0 Å². The minimum absolute atomic E-state index is 0.792. The Hall–Kier alpha value is -2.08. The van der Waals surface area contributed by atoms with E-state index in [2.05, 4.69) is 44.2 Å². The molecule has 2 N–H and O–H groups in total. The topological polar surface area (TPSA) is 63.5 Å². The lowest BCUT2D eigenvalue weighted by Crippen LogP contribution is -2.38. The maximum absolute atomic E-state index is 5.35. The van der Waals surface area contributed by atoms with Gasteiger partial charge in [0.15, 0.2) is 5.96 Å². The molecule has 0 aliphatic heterocycles. The third-order valence-corrected chi connectivity index (χ3v) is 3.91. The van der Waals surface area contributed by atoms with Gasteiger partial charge in [-0.2, -0.15) is 0 Å². The number of aliphatic imine (C=N–C) groups is 1. The molecule has 138 valence electrons. The number of rotatable bonds is 11. The largest absolute Gasteiger partial charge is 0.382 e. The molecule has 0 unspecified atom stereocenters. The van der Waals surface area contributed by atoms with Crippen molar-refractivity contribution in [3.63, 3.8) is 0 Å². The van der Waals surface area contributed by atoms with E-state index < -0.39 is 0 Å². The number of aryl methyl sites for hydroxylation is 1. The average Bonchev–Trinajstić information content (AvgIpc) is 3.04. The van der Waals surface area contributed by atoms with E-state index >= 15 is 0 Å². The average molecular weight is 345 g/mol. The third-order valence-electron chi connectivity index (χ3n) is 3.91. The Morgan fingerprint density at radius 2 is 2.04 bits per heavy atom. The quantitative estimate of drug-likeness (QED) is 0.373. The number of unbranched alkanes of at least 4 members (excludes halogenated alkanes) is 1. The van der Waals surface area contributed by atoms with Gasteiger partial charge in [-0.3, -0.25) is 4.99 Å². The van der Waals surface area contributed by atoms with Crippen molar-refractivity contribution in [1.82, 2.24) is 20.2 Å². The van der Waals surface area contributed by atoms with Crippen LogP contribution in [0.15, 0.2) is 35.6 Å². The van der Waals surface area contributed by atoms with Gasteiger partial charge in [-0.1, -0.05) is 12.1 Å². The van der Waals surface area contributed by atoms with Crippen molar-refractivity contribution in [1.29, 1.82) is 0 Å². The number of hydrogen-bond acceptors (Lipinski definition) is 3. The SMILES string of the molecule is CCNC(=NCCCn1cnc2ccccc21)NCCCCOCC. The summed E-state index contributed by atoms with van der Waals surface area (Å²) in [5, 5.41) is 6.68. The zero-order valence-corrected chi connectivity index (χ0v) is 15.5. The van der Waals surface area contributed by atoms with Crippen LogP contribution in [0.4, 0.5) is 0 Å². The number of nitrogens with zero attached hydrogens (tertiary/aromatic N) is 3. The Balaban J connectivity index is 1.71. The van der Waals surface area contributed by atoms with E-state index in [-0.39, 0.29) is 0 Å². The molecular weight excluding hydrogens is 314 g/mol. The molecule has 1 heterocycles. The van der Waals surface area contributed by atoms with Crippen LogP contribution in [0.3, 0.4) is 0 Å². The molecule has 0 radical (unpaired) electrons. The molecule has 6 heteroatoms. The van der Waals surface area contributed by atoms with E-state index in [4.69, 9.17) is 4.74 Å². The maximum atomic E-state index is 5.35. The van der Waals surface area contributed by atoms with E-state index in [0.717, 1.165) is 70.1 Å². The van der Waals surface area contributed by atoms with Gasteiger partial charge < -0.3 is 19.9 Å². The Labute approximate surface area is 150 Å². The van der Waals surface area contributed by atoms with Crippen molar-refractivity contribution in [2.24, 2.45) is 4.99 Å². The zero-order valence-electron chi connectivity index (χ0n) is 15.5. The van der Waals surface area contributed by atoms with Crippen LogP contribution in [0, 0.1) is 0 Å². The minimum Gasteiger partial charge on any atom is -0.382 e. The second-order valence-electron chi connectivity index (χ2n) is 5.87. The molecule has 0 saturated carbocycles. The highest BCUT2D eigenvalue weighted by molar-refractivity contribution is 5.79. The van der Waals surface area contributed by atoms with Gasteiger partial charge in [0, 0.05) is 39.4 Å². The van der Waals surface area contributed by atoms with Gasteiger partial charge in [-0.05, 0) is 45.2 Å². The normalized spacial score (nSPS) is 11.8. The summed E-state index contributed by atoms with van der Waals surface area (Å²) >= 11 is 0. The van der Waals surface area contributed by atoms with E-state index in [9.17, 15) is 0 Å². The molecule has 0 aliphatic carbocycles. The second-order valence-corrected chi connectivity index (χ2v) is 5.87. The van der Waals surface area contributed by atoms with Crippen LogP contribution < -0.4 is 10.6 Å². The first-order valence-electron chi connectivity index (χ1n) is 9.35. The van der Waals surface area contributed by atoms with Crippen LogP contribution in [-0.2, 0) is 11.3 Å². The fourth-order valence-corrected chi connectivity index (χ4v) is 2.64. The van der Waals surface area contributed by atoms with E-state index in [1.54, 1.807) is 0 Å². The molecule has 2 aromatic rings. The van der Waals surface area contributed by atoms with Gasteiger partial charge in [0.2, 0.25) is 0 Å². The molecule has 6 nitrogen and oxygen atoms in total. The number of para-hydroxylation sites is 2. The lowest BCUT2D eigenvalue weighted by atomic mass is 10.3. The number of imidazole rings is 1. The summed E-state index contributed by atoms with van der Waals surface area (Å²) in [6.07, 6.45) is 5.07. The number of guanidine groups is 1. The molecular formula is C19H31N5O. The highest BCUT2D eigenvalue weighted by Gasteiger charge is 2.01. The van der Waals surface area contributed by atoms with Crippen molar-refractivity contribution in [2.75, 3.05) is 32.8 Å². The van der Waals surface area contributed by atoms with Crippen LogP contribution in [0.5, 0.6) is 0 Å². The Morgan fingerprint density at radius 1 is 1.16 bits per heavy atom. The highest BCUT2D eigenvalue weighted by atomic mass is 16.5. The predicted molar refractivity (Wildman–Crippen MR) is 104 cm³/mol. The van der Waals surface area contributed by atoms with Crippen LogP contribution in [0.25, 0.3) is 11.0 Å². The number of hydrogen-bond donors (Lipinski definition) is 2. The monoisotopic (exact) mass is 345 g/mol. The summed E-state index contributed by atoms with van der Waals surface area (Å²) in [6.45, 7) is 9.26. The van der Waals surface area contributed by atoms with Crippen LogP contribution in [0.2, 0.25) is 0 Å². The van der Waals surface area contributed by atoms with Crippen molar-refractivity contribution in [2.45, 2.75) is 39.7 Å². The molecule has 1 aromatic heterocycles. The molecule has 0 aliphatic rings. The van der Waals surface area contributed by atoms with Gasteiger partial charge >= 0.3 is 0 Å². The van der Waals surface area contributed by atoms with Gasteiger partial charge in [0.05, 0.1) is 17.4 Å². The molecule has 0 spiro atoms. The zero-order chi connectivity index (χ0) is 17.7. The molecule has 0 bridgehead atoms. The van der Waals surface area contributed by atoms with Crippen molar-refractivity contribution >= 4 is 17.0 Å². The maximum Gasteiger partial charge on any atom is 0.191 e. The lowest BCUT2D eigenvalue weighted by molar-refractivity contribution is 0.143. The number of fused-ring (bicyclic) bond motifs is 1. The minimum atomic E-state index is 0.792. The molecule has 2 rings (SSSR count). The molecule has 25 heavy (non-hydrogen) atoms. The highest BCUT2D eigenvalue weighted by Crippen LogP contribution is 2.11. The summed E-state index contributed by atoms with van der Waals surface area (Å²) in [5.74, 6) is 0.898. The summed E-state index contributed by atoms with van der Waals surface area (Å²) in [5.41, 5.74) is 2.24. The van der Waals surface area contributed by atoms with Crippen molar-refractivity contribution in [3.8, 4) is 0 Å². The number of benzene rings is 1. The number of ether oxygens (including phenoxy) is 1. The summed E-state index contributed by atoms with van der Waals surface area (Å²) in [4.78, 5) is 9.08. The van der Waals surface area contributed by atoms with E-state index in [0.29, 0.717) is 0 Å². The van der Waals surface area contributed by atoms with Crippen LogP contribution in [0.1, 0.15) is 33.1 Å². The lowest BCUT2D eigenvalue weighted by Gasteiger charge is -2.11. The standard InChI is InChI=1S/C19H31N5O/c1-3-20-19(21-12-7-8-15-25-4-2)22-13-9-14-24-16-23-17-10-5-6-11-18(17)24/h5-6,10-11,16H,3-4,7-9,12-15H2,1-2H3,(H2,20,21,22). The molecule has 0 amide bonds. The van der Waals surface area contributed by atoms with E-state index in [1.807, 2.05) is 25.4 Å². The molecule has 0 fully saturated rings. The summed E-state index contributed by atoms with van der Waals surface area (Å²) in [7, 11) is 0. The Kier molecular flexibility index (Phi) is 8.83. The van der Waals surface area contributed by atoms with Crippen molar-refractivity contribution in [3.05, 3.63) is 30.6 Å². The fraction of sp³-hybridized carbons (Fsp3) is 0.579. The molecule has 0 saturated heterocycles. The Morgan fingerprint density at radius 3 is 2.88 bits per heavy atom. The first-order chi connectivity index (χ1) is 12.3. The van der Waals surface area contributed by atoms with Crippen LogP contribution >= 0.6 is 0 Å². The summed E-state index contributed by atoms with van der Waals surface area (Å²) in [6, 6.07) is 8.23. The summed E-state index contributed by atoms with van der Waals surface area (Å²) < 4.78 is 7.55. The number of nitrogens with one attached hydrogen (secondary N) is 2. The van der Waals surface area contributed by atoms with Gasteiger partial charge in [-0.15, -0.1) is 0 Å². The number of aromatic nitrogens is 2. The third kappa shape index (κ3) is 6.74. The van der Waals surface area contributed by atoms with Crippen LogP contribution in [-0.4, -0.2) is 48.4 Å². The molecule has 1 aromatic carbocycles. The van der Waals surface area contributed by atoms with Gasteiger partial charge in [0.1, 0.15) is 0 Å². The Bertz CT molecular complexity index is 638. The predicted octanol–water partition coefficient (Wildman–Crippen LogP) is 2.80. The smallest absolute Gasteiger partial charge is 0.191 e. The van der Waals surface area contributed by atoms with Crippen molar-refractivity contribution < 1.29 is 4.74 Å². The first kappa shape index (κ1) is 19.2. The first-order valence-corrected chi connectivity index (χ1v) is 9.35.